The summed E-state index contributed by atoms with van der Waals surface area (Å²) in [6, 6.07) is 11.6. The molecule has 0 aromatic heterocycles. The second-order valence-electron chi connectivity index (χ2n) is 8.02. The molecule has 0 radical (unpaired) electrons. The van der Waals surface area contributed by atoms with Gasteiger partial charge in [0.2, 0.25) is 5.75 Å². The molecule has 0 amide bonds. The van der Waals surface area contributed by atoms with Crippen molar-refractivity contribution in [2.45, 2.75) is 6.42 Å². The third-order valence-electron chi connectivity index (χ3n) is 5.83. The van der Waals surface area contributed by atoms with E-state index < -0.39 is 5.82 Å². The van der Waals surface area contributed by atoms with Crippen molar-refractivity contribution in [3.05, 3.63) is 82.7 Å². The van der Waals surface area contributed by atoms with Gasteiger partial charge in [-0.2, -0.15) is 0 Å². The third kappa shape index (κ3) is 6.45. The zero-order valence-electron chi connectivity index (χ0n) is 22.3. The molecule has 0 saturated heterocycles. The van der Waals surface area contributed by atoms with Crippen LogP contribution in [0, 0.1) is 5.82 Å². The molecule has 0 aliphatic heterocycles. The zero-order chi connectivity index (χ0) is 27.7. The number of hydrogen-bond acceptors (Lipinski definition) is 7. The molecule has 3 rings (SSSR count). The van der Waals surface area contributed by atoms with Crippen LogP contribution in [0.5, 0.6) is 34.5 Å². The minimum atomic E-state index is -0.494. The normalized spacial score (nSPS) is 11.0. The predicted octanol–water partition coefficient (Wildman–Crippen LogP) is 6.03. The Bertz CT molecular complexity index is 1320. The summed E-state index contributed by atoms with van der Waals surface area (Å²) in [6.07, 6.45) is 7.16. The van der Waals surface area contributed by atoms with Crippen LogP contribution in [0.4, 0.5) is 4.39 Å². The lowest BCUT2D eigenvalue weighted by molar-refractivity contribution is 0.104. The number of ketones is 1. The van der Waals surface area contributed by atoms with Gasteiger partial charge in [-0.3, -0.25) is 4.79 Å². The van der Waals surface area contributed by atoms with Gasteiger partial charge < -0.3 is 28.4 Å². The van der Waals surface area contributed by atoms with Crippen molar-refractivity contribution in [1.82, 2.24) is 0 Å². The lowest BCUT2D eigenvalue weighted by Gasteiger charge is -2.13. The van der Waals surface area contributed by atoms with E-state index in [9.17, 15) is 9.18 Å². The Hall–Kier alpha value is -4.46. The summed E-state index contributed by atoms with van der Waals surface area (Å²) in [7, 11) is 9.06. The van der Waals surface area contributed by atoms with Crippen LogP contribution < -0.4 is 28.4 Å². The van der Waals surface area contributed by atoms with Crippen LogP contribution in [0.1, 0.15) is 27.0 Å². The number of carbonyl (C=O) groups is 1. The first-order valence-corrected chi connectivity index (χ1v) is 11.7. The van der Waals surface area contributed by atoms with Crippen LogP contribution in [0.2, 0.25) is 0 Å². The fourth-order valence-electron chi connectivity index (χ4n) is 3.86. The Morgan fingerprint density at radius 1 is 0.711 bits per heavy atom. The molecule has 0 bridgehead atoms. The lowest BCUT2D eigenvalue weighted by Crippen LogP contribution is -1.98. The van der Waals surface area contributed by atoms with Crippen molar-refractivity contribution in [2.75, 3.05) is 42.7 Å². The van der Waals surface area contributed by atoms with E-state index in [2.05, 4.69) is 0 Å². The maximum atomic E-state index is 14.6. The number of methoxy groups -OCH3 is 6. The van der Waals surface area contributed by atoms with Crippen LogP contribution in [0.15, 0.2) is 54.6 Å². The Labute approximate surface area is 222 Å². The summed E-state index contributed by atoms with van der Waals surface area (Å²) < 4.78 is 46.5. The van der Waals surface area contributed by atoms with E-state index >= 15 is 0 Å². The molecule has 200 valence electrons. The number of carbonyl (C=O) groups excluding carboxylic acids is 1. The quantitative estimate of drug-likeness (QED) is 0.163. The Morgan fingerprint density at radius 2 is 1.34 bits per heavy atom. The van der Waals surface area contributed by atoms with Gasteiger partial charge in [-0.05, 0) is 71.7 Å². The van der Waals surface area contributed by atoms with Gasteiger partial charge in [0.1, 0.15) is 0 Å². The smallest absolute Gasteiger partial charge is 0.203 e. The standard InChI is InChI=1S/C30H31FO7/c1-33-25-13-12-22(18-27(25)35-3)24(32)9-7-8-20-17-26(34-2)23(31)16-21(20)11-10-19-14-28(36-4)30(38-6)29(15-19)37-5/h7,9-18H,8H2,1-6H3/b9-7-,11-10-. The van der Waals surface area contributed by atoms with E-state index in [0.29, 0.717) is 46.3 Å². The van der Waals surface area contributed by atoms with Crippen molar-refractivity contribution in [3.8, 4) is 34.5 Å². The zero-order valence-corrected chi connectivity index (χ0v) is 22.3. The van der Waals surface area contributed by atoms with Gasteiger partial charge in [-0.15, -0.1) is 0 Å². The highest BCUT2D eigenvalue weighted by Gasteiger charge is 2.13. The molecule has 0 unspecified atom stereocenters. The number of halogens is 1. The van der Waals surface area contributed by atoms with Gasteiger partial charge in [-0.1, -0.05) is 18.2 Å². The second-order valence-corrected chi connectivity index (χ2v) is 8.02. The maximum Gasteiger partial charge on any atom is 0.203 e. The van der Waals surface area contributed by atoms with Crippen molar-refractivity contribution < 1.29 is 37.6 Å². The van der Waals surface area contributed by atoms with E-state index in [1.165, 1.54) is 54.8 Å². The molecular formula is C30H31FO7. The summed E-state index contributed by atoms with van der Waals surface area (Å²) in [5, 5.41) is 0. The van der Waals surface area contributed by atoms with Crippen molar-refractivity contribution in [3.63, 3.8) is 0 Å². The molecule has 3 aromatic rings. The van der Waals surface area contributed by atoms with E-state index in [1.54, 1.807) is 48.6 Å². The number of benzene rings is 3. The number of hydrogen-bond donors (Lipinski definition) is 0. The van der Waals surface area contributed by atoms with E-state index in [4.69, 9.17) is 28.4 Å². The van der Waals surface area contributed by atoms with Crippen LogP contribution in [0.3, 0.4) is 0 Å². The minimum absolute atomic E-state index is 0.115. The summed E-state index contributed by atoms with van der Waals surface area (Å²) in [4.78, 5) is 12.7. The molecule has 7 nitrogen and oxygen atoms in total. The van der Waals surface area contributed by atoms with Crippen LogP contribution in [-0.2, 0) is 6.42 Å². The van der Waals surface area contributed by atoms with Gasteiger partial charge in [0.15, 0.2) is 40.3 Å². The molecule has 8 heteroatoms. The maximum absolute atomic E-state index is 14.6. The third-order valence-corrected chi connectivity index (χ3v) is 5.83. The Kier molecular flexibility index (Phi) is 9.76. The highest BCUT2D eigenvalue weighted by atomic mass is 19.1. The highest BCUT2D eigenvalue weighted by molar-refractivity contribution is 6.04. The fourth-order valence-corrected chi connectivity index (χ4v) is 3.86. The molecule has 0 spiro atoms. The van der Waals surface area contributed by atoms with E-state index in [0.717, 1.165) is 11.1 Å². The Balaban J connectivity index is 1.89. The first kappa shape index (κ1) is 28.1. The first-order chi connectivity index (χ1) is 18.4. The Morgan fingerprint density at radius 3 is 1.92 bits per heavy atom. The topological polar surface area (TPSA) is 72.5 Å². The summed E-state index contributed by atoms with van der Waals surface area (Å²) in [5.41, 5.74) is 2.61. The molecule has 0 saturated carbocycles. The summed E-state index contributed by atoms with van der Waals surface area (Å²) in [5.74, 6) is 1.91. The van der Waals surface area contributed by atoms with E-state index in [1.807, 2.05) is 6.08 Å². The SMILES string of the molecule is COc1cc(C/C=C\C(=O)c2ccc(OC)c(OC)c2)c(/C=C\c2cc(OC)c(OC)c(OC)c2)cc1F. The predicted molar refractivity (Wildman–Crippen MR) is 145 cm³/mol. The van der Waals surface area contributed by atoms with Crippen molar-refractivity contribution in [1.29, 1.82) is 0 Å². The van der Waals surface area contributed by atoms with E-state index in [-0.39, 0.29) is 11.5 Å². The van der Waals surface area contributed by atoms with Gasteiger partial charge in [0, 0.05) is 5.56 Å². The average molecular weight is 523 g/mol. The minimum Gasteiger partial charge on any atom is -0.494 e. The first-order valence-electron chi connectivity index (χ1n) is 11.7. The molecule has 38 heavy (non-hydrogen) atoms. The van der Waals surface area contributed by atoms with Gasteiger partial charge in [0.05, 0.1) is 42.7 Å². The number of rotatable bonds is 12. The molecule has 0 N–H and O–H groups in total. The number of ether oxygens (including phenoxy) is 6. The largest absolute Gasteiger partial charge is 0.494 e. The highest BCUT2D eigenvalue weighted by Crippen LogP contribution is 2.38. The second kappa shape index (κ2) is 13.2. The molecule has 0 aliphatic carbocycles. The summed E-state index contributed by atoms with van der Waals surface area (Å²) >= 11 is 0. The van der Waals surface area contributed by atoms with Gasteiger partial charge in [-0.25, -0.2) is 4.39 Å². The van der Waals surface area contributed by atoms with Crippen molar-refractivity contribution in [2.24, 2.45) is 0 Å². The van der Waals surface area contributed by atoms with Crippen molar-refractivity contribution >= 4 is 17.9 Å². The van der Waals surface area contributed by atoms with Crippen LogP contribution in [-0.4, -0.2) is 48.4 Å². The average Bonchev–Trinajstić information content (AvgIpc) is 2.95. The van der Waals surface area contributed by atoms with Gasteiger partial charge >= 0.3 is 0 Å². The number of allylic oxidation sites excluding steroid dienone is 2. The fraction of sp³-hybridized carbons (Fsp3) is 0.233. The molecule has 0 atom stereocenters. The van der Waals surface area contributed by atoms with Crippen LogP contribution in [0.25, 0.3) is 12.2 Å². The molecule has 0 fully saturated rings. The lowest BCUT2D eigenvalue weighted by atomic mass is 10.0. The monoisotopic (exact) mass is 522 g/mol. The molecular weight excluding hydrogens is 491 g/mol. The molecule has 3 aromatic carbocycles. The van der Waals surface area contributed by atoms with Crippen LogP contribution >= 0.6 is 0 Å². The van der Waals surface area contributed by atoms with Gasteiger partial charge in [0.25, 0.3) is 0 Å². The summed E-state index contributed by atoms with van der Waals surface area (Å²) in [6.45, 7) is 0. The molecule has 0 aliphatic rings. The molecule has 0 heterocycles.